The molecular weight excluding hydrogens is 254 g/mol. The van der Waals surface area contributed by atoms with Crippen LogP contribution in [0.2, 0.25) is 0 Å². The van der Waals surface area contributed by atoms with Gasteiger partial charge in [-0.1, -0.05) is 42.5 Å². The summed E-state index contributed by atoms with van der Waals surface area (Å²) in [6.45, 7) is 0.154. The number of aromatic hydroxyl groups is 1. The number of phenols is 1. The number of ether oxygens (including phenoxy) is 1. The smallest absolute Gasteiger partial charge is 0.323 e. The van der Waals surface area contributed by atoms with E-state index in [9.17, 15) is 4.79 Å². The molecule has 0 bridgehead atoms. The van der Waals surface area contributed by atoms with E-state index in [1.807, 2.05) is 30.3 Å². The first-order valence-electron chi connectivity index (χ1n) is 6.39. The summed E-state index contributed by atoms with van der Waals surface area (Å²) >= 11 is 0. The number of carbonyl (C=O) groups excluding carboxylic acids is 1. The minimum atomic E-state index is -0.672. The fraction of sp³-hybridized carbons (Fsp3) is 0.188. The highest BCUT2D eigenvalue weighted by atomic mass is 16.5. The summed E-state index contributed by atoms with van der Waals surface area (Å²) in [4.78, 5) is 11.8. The van der Waals surface area contributed by atoms with Crippen molar-refractivity contribution < 1.29 is 14.6 Å². The van der Waals surface area contributed by atoms with Crippen molar-refractivity contribution in [3.8, 4) is 5.75 Å². The molecule has 0 heterocycles. The van der Waals surface area contributed by atoms with E-state index in [1.54, 1.807) is 24.3 Å². The quantitative estimate of drug-likeness (QED) is 0.816. The Morgan fingerprint density at radius 2 is 1.70 bits per heavy atom. The maximum absolute atomic E-state index is 11.8. The summed E-state index contributed by atoms with van der Waals surface area (Å²) in [5.74, 6) is -0.247. The summed E-state index contributed by atoms with van der Waals surface area (Å²) in [5.41, 5.74) is 7.63. The monoisotopic (exact) mass is 271 g/mol. The first-order valence-corrected chi connectivity index (χ1v) is 6.39. The SMILES string of the molecule is NC(Cc1ccccc1)C(=O)OCc1ccc(O)cc1. The molecule has 4 nitrogen and oxygen atoms in total. The van der Waals surface area contributed by atoms with Crippen LogP contribution in [0, 0.1) is 0 Å². The molecule has 0 fully saturated rings. The molecule has 0 aromatic heterocycles. The molecule has 0 aliphatic carbocycles. The zero-order chi connectivity index (χ0) is 14.4. The van der Waals surface area contributed by atoms with Crippen LogP contribution in [0.1, 0.15) is 11.1 Å². The van der Waals surface area contributed by atoms with Crippen LogP contribution in [0.25, 0.3) is 0 Å². The van der Waals surface area contributed by atoms with Crippen LogP contribution in [0.4, 0.5) is 0 Å². The molecule has 0 radical (unpaired) electrons. The van der Waals surface area contributed by atoms with Crippen LogP contribution in [0.3, 0.4) is 0 Å². The third kappa shape index (κ3) is 4.10. The number of phenolic OH excluding ortho intramolecular Hbond substituents is 1. The van der Waals surface area contributed by atoms with Crippen LogP contribution in [0.5, 0.6) is 5.75 Å². The molecule has 3 N–H and O–H groups in total. The second kappa shape index (κ2) is 6.73. The van der Waals surface area contributed by atoms with Crippen molar-refractivity contribution in [1.82, 2.24) is 0 Å². The Labute approximate surface area is 117 Å². The lowest BCUT2D eigenvalue weighted by Gasteiger charge is -2.11. The van der Waals surface area contributed by atoms with Gasteiger partial charge in [0.25, 0.3) is 0 Å². The van der Waals surface area contributed by atoms with E-state index in [4.69, 9.17) is 15.6 Å². The number of hydrogen-bond acceptors (Lipinski definition) is 4. The van der Waals surface area contributed by atoms with E-state index in [2.05, 4.69) is 0 Å². The predicted octanol–water partition coefficient (Wildman–Crippen LogP) is 2.01. The Hall–Kier alpha value is -2.33. The third-order valence-corrected chi connectivity index (χ3v) is 2.92. The molecule has 0 spiro atoms. The average Bonchev–Trinajstić information content (AvgIpc) is 2.47. The lowest BCUT2D eigenvalue weighted by atomic mass is 10.1. The number of nitrogens with two attached hydrogens (primary N) is 1. The van der Waals surface area contributed by atoms with E-state index in [-0.39, 0.29) is 12.4 Å². The maximum atomic E-state index is 11.8. The Morgan fingerprint density at radius 1 is 1.05 bits per heavy atom. The Morgan fingerprint density at radius 3 is 2.35 bits per heavy atom. The van der Waals surface area contributed by atoms with Gasteiger partial charge < -0.3 is 15.6 Å². The van der Waals surface area contributed by atoms with Crippen molar-refractivity contribution in [2.75, 3.05) is 0 Å². The van der Waals surface area contributed by atoms with Gasteiger partial charge in [-0.05, 0) is 29.7 Å². The summed E-state index contributed by atoms with van der Waals surface area (Å²) < 4.78 is 5.16. The lowest BCUT2D eigenvalue weighted by molar-refractivity contribution is -0.146. The summed E-state index contributed by atoms with van der Waals surface area (Å²) in [6, 6.07) is 15.4. The Kier molecular flexibility index (Phi) is 4.74. The van der Waals surface area contributed by atoms with Crippen LogP contribution in [0.15, 0.2) is 54.6 Å². The molecule has 0 aliphatic heterocycles. The first-order chi connectivity index (χ1) is 9.65. The largest absolute Gasteiger partial charge is 0.508 e. The highest BCUT2D eigenvalue weighted by molar-refractivity contribution is 5.75. The van der Waals surface area contributed by atoms with Gasteiger partial charge in [-0.2, -0.15) is 0 Å². The zero-order valence-corrected chi connectivity index (χ0v) is 11.0. The molecular formula is C16H17NO3. The fourth-order valence-electron chi connectivity index (χ4n) is 1.81. The van der Waals surface area contributed by atoms with Gasteiger partial charge in [0.15, 0.2) is 0 Å². The predicted molar refractivity (Wildman–Crippen MR) is 76.0 cm³/mol. The third-order valence-electron chi connectivity index (χ3n) is 2.92. The molecule has 2 aromatic rings. The average molecular weight is 271 g/mol. The van der Waals surface area contributed by atoms with Gasteiger partial charge in [0.1, 0.15) is 18.4 Å². The van der Waals surface area contributed by atoms with Gasteiger partial charge in [-0.3, -0.25) is 4.79 Å². The fourth-order valence-corrected chi connectivity index (χ4v) is 1.81. The zero-order valence-electron chi connectivity index (χ0n) is 11.0. The molecule has 2 aromatic carbocycles. The van der Waals surface area contributed by atoms with Crippen molar-refractivity contribution in [2.24, 2.45) is 5.73 Å². The second-order valence-corrected chi connectivity index (χ2v) is 4.57. The molecule has 1 unspecified atom stereocenters. The van der Waals surface area contributed by atoms with Gasteiger partial charge in [0.05, 0.1) is 0 Å². The Balaban J connectivity index is 1.83. The first kappa shape index (κ1) is 14.1. The lowest BCUT2D eigenvalue weighted by Crippen LogP contribution is -2.34. The summed E-state index contributed by atoms with van der Waals surface area (Å²) in [7, 11) is 0. The maximum Gasteiger partial charge on any atom is 0.323 e. The normalized spacial score (nSPS) is 11.8. The van der Waals surface area contributed by atoms with E-state index in [0.717, 1.165) is 11.1 Å². The molecule has 104 valence electrons. The van der Waals surface area contributed by atoms with E-state index < -0.39 is 12.0 Å². The topological polar surface area (TPSA) is 72.6 Å². The molecule has 0 aliphatic rings. The molecule has 0 amide bonds. The van der Waals surface area contributed by atoms with Crippen molar-refractivity contribution in [3.05, 3.63) is 65.7 Å². The number of benzene rings is 2. The van der Waals surface area contributed by atoms with E-state index >= 15 is 0 Å². The molecule has 0 saturated heterocycles. The highest BCUT2D eigenvalue weighted by Crippen LogP contribution is 2.11. The van der Waals surface area contributed by atoms with E-state index in [0.29, 0.717) is 6.42 Å². The number of hydrogen-bond donors (Lipinski definition) is 2. The van der Waals surface area contributed by atoms with Gasteiger partial charge in [0, 0.05) is 0 Å². The van der Waals surface area contributed by atoms with Crippen molar-refractivity contribution in [1.29, 1.82) is 0 Å². The number of carbonyl (C=O) groups is 1. The number of rotatable bonds is 5. The van der Waals surface area contributed by atoms with Crippen molar-refractivity contribution in [2.45, 2.75) is 19.1 Å². The van der Waals surface area contributed by atoms with Crippen LogP contribution < -0.4 is 5.73 Å². The molecule has 1 atom stereocenters. The minimum absolute atomic E-state index is 0.154. The molecule has 0 saturated carbocycles. The van der Waals surface area contributed by atoms with Crippen LogP contribution in [-0.4, -0.2) is 17.1 Å². The van der Waals surface area contributed by atoms with E-state index in [1.165, 1.54) is 0 Å². The van der Waals surface area contributed by atoms with Gasteiger partial charge in [-0.25, -0.2) is 0 Å². The van der Waals surface area contributed by atoms with Crippen molar-refractivity contribution >= 4 is 5.97 Å². The standard InChI is InChI=1S/C16H17NO3/c17-15(10-12-4-2-1-3-5-12)16(19)20-11-13-6-8-14(18)9-7-13/h1-9,15,18H,10-11,17H2. The van der Waals surface area contributed by atoms with Gasteiger partial charge >= 0.3 is 5.97 Å². The summed E-state index contributed by atoms with van der Waals surface area (Å²) in [6.07, 6.45) is 0.454. The van der Waals surface area contributed by atoms with Crippen LogP contribution in [-0.2, 0) is 22.6 Å². The minimum Gasteiger partial charge on any atom is -0.508 e. The van der Waals surface area contributed by atoms with Gasteiger partial charge in [-0.15, -0.1) is 0 Å². The second-order valence-electron chi connectivity index (χ2n) is 4.57. The summed E-state index contributed by atoms with van der Waals surface area (Å²) in [5, 5.41) is 9.16. The van der Waals surface area contributed by atoms with Crippen LogP contribution >= 0.6 is 0 Å². The molecule has 2 rings (SSSR count). The van der Waals surface area contributed by atoms with Crippen molar-refractivity contribution in [3.63, 3.8) is 0 Å². The highest BCUT2D eigenvalue weighted by Gasteiger charge is 2.15. The van der Waals surface area contributed by atoms with Gasteiger partial charge in [0.2, 0.25) is 0 Å². The molecule has 4 heteroatoms. The number of esters is 1. The Bertz CT molecular complexity index is 552. The molecule has 20 heavy (non-hydrogen) atoms.